The Bertz CT molecular complexity index is 1590. The molecule has 0 aliphatic heterocycles. The fourth-order valence-electron chi connectivity index (χ4n) is 4.89. The lowest BCUT2D eigenvalue weighted by Crippen LogP contribution is -2.43. The first-order chi connectivity index (χ1) is 20.7. The Morgan fingerprint density at radius 1 is 0.884 bits per heavy atom. The third kappa shape index (κ3) is 8.91. The predicted octanol–water partition coefficient (Wildman–Crippen LogP) is 5.98. The van der Waals surface area contributed by atoms with E-state index in [4.69, 9.17) is 21.1 Å². The molecule has 0 amide bonds. The molecule has 4 aromatic rings. The highest BCUT2D eigenvalue weighted by Gasteiger charge is 2.25. The summed E-state index contributed by atoms with van der Waals surface area (Å²) in [6.07, 6.45) is 0.417. The zero-order valence-electron chi connectivity index (χ0n) is 24.2. The molecular weight excluding hydrogens is 586 g/mol. The number of rotatable bonds is 14. The lowest BCUT2D eigenvalue weighted by Gasteiger charge is -2.28. The average Bonchev–Trinajstić information content (AvgIpc) is 3.00. The van der Waals surface area contributed by atoms with Crippen LogP contribution in [0.25, 0.3) is 0 Å². The average molecular weight is 622 g/mol. The van der Waals surface area contributed by atoms with E-state index in [-0.39, 0.29) is 40.8 Å². The van der Waals surface area contributed by atoms with Crippen molar-refractivity contribution in [3.8, 4) is 5.75 Å². The number of carbonyl (C=O) groups is 1. The number of benzene rings is 4. The van der Waals surface area contributed by atoms with Crippen LogP contribution in [0.15, 0.2) is 113 Å². The maximum absolute atomic E-state index is 13.5. The molecule has 4 aromatic carbocycles. The smallest absolute Gasteiger partial charge is 0.344 e. The van der Waals surface area contributed by atoms with Gasteiger partial charge in [-0.2, -0.15) is 0 Å². The van der Waals surface area contributed by atoms with E-state index in [9.17, 15) is 18.3 Å². The van der Waals surface area contributed by atoms with Gasteiger partial charge in [0.2, 0.25) is 9.84 Å². The molecule has 0 saturated carbocycles. The minimum Gasteiger partial charge on any atom is -0.481 e. The second-order valence-electron chi connectivity index (χ2n) is 10.3. The van der Waals surface area contributed by atoms with E-state index in [0.29, 0.717) is 17.9 Å². The topological polar surface area (TPSA) is 102 Å². The van der Waals surface area contributed by atoms with E-state index in [2.05, 4.69) is 5.32 Å². The molecule has 9 heteroatoms. The van der Waals surface area contributed by atoms with E-state index in [0.717, 1.165) is 16.7 Å². The van der Waals surface area contributed by atoms with Crippen molar-refractivity contribution in [3.63, 3.8) is 0 Å². The van der Waals surface area contributed by atoms with Crippen molar-refractivity contribution in [2.75, 3.05) is 13.2 Å². The maximum Gasteiger partial charge on any atom is 0.344 e. The van der Waals surface area contributed by atoms with Crippen LogP contribution in [0.3, 0.4) is 0 Å². The van der Waals surface area contributed by atoms with E-state index >= 15 is 0 Å². The second-order valence-corrected chi connectivity index (χ2v) is 12.6. The molecule has 0 aliphatic carbocycles. The molecular formula is C34H36ClNO6S. The zero-order valence-corrected chi connectivity index (χ0v) is 25.7. The SMILES string of the molecule is CCOC(=O)COc1ccccc1S(=O)(=O)c1ccc(C[C@@H](C)NC(Cc2ccccc2)[C@H](O)c2cccc(Cl)c2)cc1. The number of aliphatic hydroxyl groups is 1. The number of sulfone groups is 1. The number of ether oxygens (including phenoxy) is 2. The summed E-state index contributed by atoms with van der Waals surface area (Å²) in [7, 11) is -3.91. The highest BCUT2D eigenvalue weighted by molar-refractivity contribution is 7.91. The first kappa shape index (κ1) is 32.2. The van der Waals surface area contributed by atoms with Crippen LogP contribution in [0.1, 0.15) is 36.6 Å². The quantitative estimate of drug-likeness (QED) is 0.167. The minimum atomic E-state index is -3.91. The Morgan fingerprint density at radius 2 is 1.56 bits per heavy atom. The van der Waals surface area contributed by atoms with Gasteiger partial charge in [-0.05, 0) is 79.8 Å². The summed E-state index contributed by atoms with van der Waals surface area (Å²) < 4.78 is 37.3. The molecule has 1 unspecified atom stereocenters. The number of nitrogens with one attached hydrogen (secondary N) is 1. The van der Waals surface area contributed by atoms with Crippen molar-refractivity contribution in [2.45, 2.75) is 54.7 Å². The van der Waals surface area contributed by atoms with Crippen molar-refractivity contribution in [1.82, 2.24) is 5.32 Å². The number of aliphatic hydroxyl groups excluding tert-OH is 1. The van der Waals surface area contributed by atoms with E-state index in [1.165, 1.54) is 12.1 Å². The van der Waals surface area contributed by atoms with E-state index in [1.807, 2.05) is 49.4 Å². The van der Waals surface area contributed by atoms with Crippen molar-refractivity contribution in [3.05, 3.63) is 125 Å². The monoisotopic (exact) mass is 621 g/mol. The molecule has 0 bridgehead atoms. The Labute approximate surface area is 258 Å². The first-order valence-corrected chi connectivity index (χ1v) is 16.0. The Morgan fingerprint density at radius 3 is 2.26 bits per heavy atom. The minimum absolute atomic E-state index is 0.0270. The second kappa shape index (κ2) is 15.2. The number of hydrogen-bond acceptors (Lipinski definition) is 7. The summed E-state index contributed by atoms with van der Waals surface area (Å²) in [6.45, 7) is 3.54. The summed E-state index contributed by atoms with van der Waals surface area (Å²) in [4.78, 5) is 11.8. The van der Waals surface area contributed by atoms with Gasteiger partial charge in [-0.15, -0.1) is 0 Å². The summed E-state index contributed by atoms with van der Waals surface area (Å²) >= 11 is 6.20. The molecule has 43 heavy (non-hydrogen) atoms. The lowest BCUT2D eigenvalue weighted by atomic mass is 9.94. The van der Waals surface area contributed by atoms with Crippen molar-refractivity contribution < 1.29 is 27.8 Å². The molecule has 0 spiro atoms. The molecule has 0 heterocycles. The third-order valence-corrected chi connectivity index (χ3v) is 8.98. The molecule has 2 N–H and O–H groups in total. The van der Waals surface area contributed by atoms with Crippen molar-refractivity contribution >= 4 is 27.4 Å². The first-order valence-electron chi connectivity index (χ1n) is 14.1. The van der Waals surface area contributed by atoms with Crippen LogP contribution >= 0.6 is 11.6 Å². The molecule has 3 atom stereocenters. The fraction of sp³-hybridized carbons (Fsp3) is 0.265. The number of esters is 1. The van der Waals surface area contributed by atoms with Gasteiger partial charge in [0.05, 0.1) is 17.6 Å². The summed E-state index contributed by atoms with van der Waals surface area (Å²) in [6, 6.07) is 29.8. The molecule has 0 radical (unpaired) electrons. The number of para-hydroxylation sites is 1. The predicted molar refractivity (Wildman–Crippen MR) is 167 cm³/mol. The van der Waals surface area contributed by atoms with Crippen LogP contribution in [0.4, 0.5) is 0 Å². The van der Waals surface area contributed by atoms with Gasteiger partial charge in [0.25, 0.3) is 0 Å². The van der Waals surface area contributed by atoms with Gasteiger partial charge >= 0.3 is 5.97 Å². The Hall–Kier alpha value is -3.69. The van der Waals surface area contributed by atoms with Gasteiger partial charge in [0, 0.05) is 17.1 Å². The van der Waals surface area contributed by atoms with Crippen LogP contribution < -0.4 is 10.1 Å². The van der Waals surface area contributed by atoms with Gasteiger partial charge in [-0.25, -0.2) is 13.2 Å². The molecule has 0 saturated heterocycles. The highest BCUT2D eigenvalue weighted by Crippen LogP contribution is 2.30. The Kier molecular flexibility index (Phi) is 11.4. The van der Waals surface area contributed by atoms with E-state index in [1.54, 1.807) is 55.5 Å². The molecule has 0 aliphatic rings. The van der Waals surface area contributed by atoms with Crippen LogP contribution in [0, 0.1) is 0 Å². The van der Waals surface area contributed by atoms with Crippen LogP contribution in [0.2, 0.25) is 5.02 Å². The van der Waals surface area contributed by atoms with Crippen LogP contribution in [-0.2, 0) is 32.2 Å². The zero-order chi connectivity index (χ0) is 30.8. The summed E-state index contributed by atoms with van der Waals surface area (Å²) in [5.41, 5.74) is 2.75. The van der Waals surface area contributed by atoms with Gasteiger partial charge < -0.3 is 19.9 Å². The third-order valence-electron chi connectivity index (χ3n) is 6.93. The summed E-state index contributed by atoms with van der Waals surface area (Å²) in [5.74, 6) is -0.493. The van der Waals surface area contributed by atoms with Crippen LogP contribution in [0.5, 0.6) is 5.75 Å². The van der Waals surface area contributed by atoms with Crippen molar-refractivity contribution in [1.29, 1.82) is 0 Å². The lowest BCUT2D eigenvalue weighted by molar-refractivity contribution is -0.145. The summed E-state index contributed by atoms with van der Waals surface area (Å²) in [5, 5.41) is 15.4. The molecule has 0 aromatic heterocycles. The van der Waals surface area contributed by atoms with Gasteiger partial charge in [-0.1, -0.05) is 78.3 Å². The number of hydrogen-bond donors (Lipinski definition) is 2. The number of halogens is 1. The molecule has 4 rings (SSSR count). The largest absolute Gasteiger partial charge is 0.481 e. The Balaban J connectivity index is 1.47. The van der Waals surface area contributed by atoms with Gasteiger partial charge in [0.15, 0.2) is 6.61 Å². The van der Waals surface area contributed by atoms with Gasteiger partial charge in [-0.3, -0.25) is 0 Å². The van der Waals surface area contributed by atoms with Gasteiger partial charge in [0.1, 0.15) is 10.6 Å². The van der Waals surface area contributed by atoms with E-state index < -0.39 is 21.9 Å². The fourth-order valence-corrected chi connectivity index (χ4v) is 6.49. The standard InChI is InChI=1S/C34H36ClNO6S/c1-3-41-33(37)23-42-31-14-7-8-15-32(31)43(39,40)29-18-16-26(17-19-29)20-24(2)36-30(21-25-10-5-4-6-11-25)34(38)27-12-9-13-28(35)22-27/h4-19,22,24,30,34,36,38H,3,20-21,23H2,1-2H3/t24-,30?,34-/m1/s1. The normalized spacial score (nSPS) is 13.6. The molecule has 226 valence electrons. The van der Waals surface area contributed by atoms with Crippen LogP contribution in [-0.4, -0.2) is 44.8 Å². The maximum atomic E-state index is 13.5. The highest BCUT2D eigenvalue weighted by atomic mass is 35.5. The molecule has 0 fully saturated rings. The number of carbonyl (C=O) groups excluding carboxylic acids is 1. The van der Waals surface area contributed by atoms with Crippen molar-refractivity contribution in [2.24, 2.45) is 0 Å². The molecule has 7 nitrogen and oxygen atoms in total.